The smallest absolute Gasteiger partial charge is 0.410 e. The zero-order valence-electron chi connectivity index (χ0n) is 14.9. The van der Waals surface area contributed by atoms with Gasteiger partial charge in [-0.1, -0.05) is 19.3 Å². The van der Waals surface area contributed by atoms with Crippen molar-refractivity contribution in [3.05, 3.63) is 0 Å². The van der Waals surface area contributed by atoms with E-state index in [-0.39, 0.29) is 6.09 Å². The van der Waals surface area contributed by atoms with Crippen LogP contribution in [0.15, 0.2) is 0 Å². The lowest BCUT2D eigenvalue weighted by molar-refractivity contribution is 0.0256. The molecule has 1 saturated heterocycles. The van der Waals surface area contributed by atoms with Crippen molar-refractivity contribution < 1.29 is 9.53 Å². The molecule has 0 radical (unpaired) electrons. The lowest BCUT2D eigenvalue weighted by Gasteiger charge is -2.30. The fourth-order valence-electron chi connectivity index (χ4n) is 3.47. The number of carbonyl (C=O) groups excluding carboxylic acids is 1. The first kappa shape index (κ1) is 17.6. The lowest BCUT2D eigenvalue weighted by atomic mass is 9.81. The average Bonchev–Trinajstić information content (AvgIpc) is 2.57. The van der Waals surface area contributed by atoms with E-state index >= 15 is 0 Å². The van der Waals surface area contributed by atoms with Crippen LogP contribution in [0.3, 0.4) is 0 Å². The third-order valence-corrected chi connectivity index (χ3v) is 4.81. The minimum atomic E-state index is -0.404. The number of likely N-dealkylation sites (tertiary alicyclic amines) is 1. The summed E-state index contributed by atoms with van der Waals surface area (Å²) >= 11 is 0. The van der Waals surface area contributed by atoms with Crippen LogP contribution in [0.5, 0.6) is 0 Å². The van der Waals surface area contributed by atoms with Crippen LogP contribution in [0.4, 0.5) is 4.79 Å². The molecule has 2 rings (SSSR count). The molecule has 4 heteroatoms. The highest BCUT2D eigenvalue weighted by Crippen LogP contribution is 2.30. The number of carbonyl (C=O) groups is 1. The van der Waals surface area contributed by atoms with Crippen LogP contribution in [0.1, 0.15) is 72.6 Å². The topological polar surface area (TPSA) is 41.6 Å². The molecule has 22 heavy (non-hydrogen) atoms. The highest BCUT2D eigenvalue weighted by atomic mass is 16.6. The maximum absolute atomic E-state index is 12.2. The Morgan fingerprint density at radius 1 is 1.18 bits per heavy atom. The third kappa shape index (κ3) is 5.79. The monoisotopic (exact) mass is 310 g/mol. The van der Waals surface area contributed by atoms with Crippen molar-refractivity contribution in [3.63, 3.8) is 0 Å². The number of amides is 1. The van der Waals surface area contributed by atoms with Crippen molar-refractivity contribution in [2.24, 2.45) is 5.92 Å². The van der Waals surface area contributed by atoms with Crippen molar-refractivity contribution in [1.82, 2.24) is 10.2 Å². The molecule has 1 amide bonds. The summed E-state index contributed by atoms with van der Waals surface area (Å²) in [7, 11) is 0. The Kier molecular flexibility index (Phi) is 6.13. The highest BCUT2D eigenvalue weighted by Gasteiger charge is 2.26. The summed E-state index contributed by atoms with van der Waals surface area (Å²) in [5.74, 6) is 0.950. The Morgan fingerprint density at radius 3 is 2.50 bits per heavy atom. The lowest BCUT2D eigenvalue weighted by Crippen LogP contribution is -2.40. The van der Waals surface area contributed by atoms with Gasteiger partial charge in [0.25, 0.3) is 0 Å². The second kappa shape index (κ2) is 7.67. The first-order valence-corrected chi connectivity index (χ1v) is 9.07. The molecule has 2 aliphatic rings. The fraction of sp³-hybridized carbons (Fsp3) is 0.944. The molecule has 4 nitrogen and oxygen atoms in total. The van der Waals surface area contributed by atoms with Crippen LogP contribution in [-0.4, -0.2) is 41.8 Å². The number of nitrogens with zero attached hydrogens (tertiary/aromatic N) is 1. The molecular weight excluding hydrogens is 276 g/mol. The molecule has 1 aliphatic heterocycles. The minimum Gasteiger partial charge on any atom is -0.444 e. The zero-order valence-corrected chi connectivity index (χ0v) is 14.9. The number of nitrogens with one attached hydrogen (secondary N) is 1. The molecule has 2 fully saturated rings. The molecule has 0 bridgehead atoms. The molecular formula is C18H34N2O2. The van der Waals surface area contributed by atoms with Crippen LogP contribution in [0.2, 0.25) is 0 Å². The van der Waals surface area contributed by atoms with E-state index in [0.29, 0.717) is 12.1 Å². The van der Waals surface area contributed by atoms with Crippen LogP contribution < -0.4 is 5.32 Å². The Morgan fingerprint density at radius 2 is 1.91 bits per heavy atom. The van der Waals surface area contributed by atoms with E-state index in [1.165, 1.54) is 25.7 Å². The maximum Gasteiger partial charge on any atom is 0.410 e. The largest absolute Gasteiger partial charge is 0.444 e. The van der Waals surface area contributed by atoms with Gasteiger partial charge in [0.2, 0.25) is 0 Å². The Balaban J connectivity index is 1.73. The number of ether oxygens (including phenoxy) is 1. The van der Waals surface area contributed by atoms with Crippen molar-refractivity contribution in [2.75, 3.05) is 13.1 Å². The minimum absolute atomic E-state index is 0.157. The van der Waals surface area contributed by atoms with Crippen molar-refractivity contribution in [3.8, 4) is 0 Å². The van der Waals surface area contributed by atoms with E-state index in [1.807, 2.05) is 25.7 Å². The van der Waals surface area contributed by atoms with Gasteiger partial charge >= 0.3 is 6.09 Å². The molecule has 0 aromatic carbocycles. The van der Waals surface area contributed by atoms with Crippen LogP contribution >= 0.6 is 0 Å². The van der Waals surface area contributed by atoms with E-state index in [4.69, 9.17) is 4.74 Å². The second-order valence-electron chi connectivity index (χ2n) is 8.20. The van der Waals surface area contributed by atoms with Gasteiger partial charge in [-0.2, -0.15) is 0 Å². The molecule has 128 valence electrons. The van der Waals surface area contributed by atoms with Gasteiger partial charge in [0.1, 0.15) is 5.60 Å². The van der Waals surface area contributed by atoms with Gasteiger partial charge in [-0.15, -0.1) is 0 Å². The van der Waals surface area contributed by atoms with Gasteiger partial charge in [-0.3, -0.25) is 0 Å². The van der Waals surface area contributed by atoms with E-state index in [2.05, 4.69) is 12.2 Å². The summed E-state index contributed by atoms with van der Waals surface area (Å²) in [5, 5.41) is 3.79. The van der Waals surface area contributed by atoms with Crippen molar-refractivity contribution >= 4 is 6.09 Å². The Hall–Kier alpha value is -0.770. The number of hydrogen-bond acceptors (Lipinski definition) is 3. The predicted octanol–water partition coefficient (Wildman–Crippen LogP) is 3.94. The normalized spacial score (nSPS) is 25.3. The molecule has 0 spiro atoms. The fourth-order valence-corrected chi connectivity index (χ4v) is 3.47. The van der Waals surface area contributed by atoms with Gasteiger partial charge in [0, 0.05) is 25.2 Å². The quantitative estimate of drug-likeness (QED) is 0.855. The number of rotatable bonds is 4. The molecule has 2 atom stereocenters. The van der Waals surface area contributed by atoms with Gasteiger partial charge in [-0.05, 0) is 59.3 Å². The summed E-state index contributed by atoms with van der Waals surface area (Å²) in [6.45, 7) is 9.72. The first-order chi connectivity index (χ1) is 10.3. The Bertz CT molecular complexity index is 361. The molecule has 0 aromatic heterocycles. The predicted molar refractivity (Wildman–Crippen MR) is 90.0 cm³/mol. The maximum atomic E-state index is 12.2. The van der Waals surface area contributed by atoms with E-state index in [1.54, 1.807) is 0 Å². The first-order valence-electron chi connectivity index (χ1n) is 9.07. The SMILES string of the molecule is CC(CC1CCC1)NC1CCCN(C(=O)OC(C)(C)C)CC1. The van der Waals surface area contributed by atoms with E-state index in [0.717, 1.165) is 38.3 Å². The van der Waals surface area contributed by atoms with Gasteiger partial charge in [0.15, 0.2) is 0 Å². The van der Waals surface area contributed by atoms with E-state index < -0.39 is 5.60 Å². The molecule has 1 N–H and O–H groups in total. The summed E-state index contributed by atoms with van der Waals surface area (Å²) in [6, 6.07) is 1.14. The van der Waals surface area contributed by atoms with Gasteiger partial charge in [0.05, 0.1) is 0 Å². The van der Waals surface area contributed by atoms with Crippen molar-refractivity contribution in [2.45, 2.75) is 90.3 Å². The molecule has 1 aliphatic carbocycles. The van der Waals surface area contributed by atoms with Crippen LogP contribution in [0.25, 0.3) is 0 Å². The summed E-state index contributed by atoms with van der Waals surface area (Å²) < 4.78 is 5.49. The van der Waals surface area contributed by atoms with Crippen LogP contribution in [-0.2, 0) is 4.74 Å². The van der Waals surface area contributed by atoms with Gasteiger partial charge < -0.3 is 15.0 Å². The average molecular weight is 310 g/mol. The number of hydrogen-bond donors (Lipinski definition) is 1. The molecule has 1 saturated carbocycles. The summed E-state index contributed by atoms with van der Waals surface area (Å²) in [5.41, 5.74) is -0.404. The highest BCUT2D eigenvalue weighted by molar-refractivity contribution is 5.68. The summed E-state index contributed by atoms with van der Waals surface area (Å²) in [6.07, 6.45) is 8.68. The Labute approximate surface area is 136 Å². The second-order valence-corrected chi connectivity index (χ2v) is 8.20. The standard InChI is InChI=1S/C18H34N2O2/c1-14(13-15-7-5-8-15)19-16-9-6-11-20(12-10-16)17(21)22-18(2,3)4/h14-16,19H,5-13H2,1-4H3. The third-order valence-electron chi connectivity index (χ3n) is 4.81. The summed E-state index contributed by atoms with van der Waals surface area (Å²) in [4.78, 5) is 14.0. The zero-order chi connectivity index (χ0) is 16.2. The molecule has 2 unspecified atom stereocenters. The van der Waals surface area contributed by atoms with Gasteiger partial charge in [-0.25, -0.2) is 4.79 Å². The molecule has 0 aromatic rings. The van der Waals surface area contributed by atoms with E-state index in [9.17, 15) is 4.79 Å². The van der Waals surface area contributed by atoms with Crippen LogP contribution in [0, 0.1) is 5.92 Å². The molecule has 1 heterocycles. The van der Waals surface area contributed by atoms with Crippen molar-refractivity contribution in [1.29, 1.82) is 0 Å².